The van der Waals surface area contributed by atoms with Gasteiger partial charge in [0.2, 0.25) is 5.91 Å². The number of ether oxygens (including phenoxy) is 1. The summed E-state index contributed by atoms with van der Waals surface area (Å²) in [7, 11) is 1.54. The number of aliphatic hydroxyl groups is 1. The van der Waals surface area contributed by atoms with Gasteiger partial charge in [-0.2, -0.15) is 0 Å². The summed E-state index contributed by atoms with van der Waals surface area (Å²) >= 11 is 5.93. The number of β-amino-alcohol motifs (C(OH)–C–C–N with tert-alkyl or cyclic N) is 1. The summed E-state index contributed by atoms with van der Waals surface area (Å²) in [4.78, 5) is 14.2. The lowest BCUT2D eigenvalue weighted by molar-refractivity contribution is -0.120. The molecule has 2 N–H and O–H groups in total. The molecule has 20 heavy (non-hydrogen) atoms. The summed E-state index contributed by atoms with van der Waals surface area (Å²) in [6, 6.07) is 4.76. The largest absolute Gasteiger partial charge is 0.495 e. The van der Waals surface area contributed by atoms with Gasteiger partial charge in [-0.15, -0.1) is 0 Å². The predicted octanol–water partition coefficient (Wildman–Crippen LogP) is 1.74. The topological polar surface area (TPSA) is 61.8 Å². The molecule has 0 aliphatic carbocycles. The molecule has 1 aliphatic heterocycles. The van der Waals surface area contributed by atoms with Gasteiger partial charge in [-0.1, -0.05) is 11.6 Å². The van der Waals surface area contributed by atoms with Gasteiger partial charge in [0.15, 0.2) is 0 Å². The Bertz CT molecular complexity index is 495. The van der Waals surface area contributed by atoms with E-state index in [4.69, 9.17) is 16.3 Å². The summed E-state index contributed by atoms with van der Waals surface area (Å²) < 4.78 is 5.20. The van der Waals surface area contributed by atoms with Crippen molar-refractivity contribution in [2.45, 2.75) is 25.5 Å². The molecule has 0 saturated carbocycles. The van der Waals surface area contributed by atoms with E-state index in [1.165, 1.54) is 0 Å². The Kier molecular flexibility index (Phi) is 4.86. The SMILES string of the molecule is COc1ccc(Cl)cc1NC(=O)C(C)N1CC[C@H](O)C1. The van der Waals surface area contributed by atoms with Crippen LogP contribution in [-0.4, -0.2) is 48.3 Å². The van der Waals surface area contributed by atoms with E-state index in [1.54, 1.807) is 25.3 Å². The Balaban J connectivity index is 2.05. The van der Waals surface area contributed by atoms with Crippen LogP contribution in [0.3, 0.4) is 0 Å². The van der Waals surface area contributed by atoms with Crippen LogP contribution in [0.5, 0.6) is 5.75 Å². The molecule has 1 heterocycles. The molecule has 1 fully saturated rings. The minimum absolute atomic E-state index is 0.139. The van der Waals surface area contributed by atoms with E-state index in [-0.39, 0.29) is 18.1 Å². The quantitative estimate of drug-likeness (QED) is 0.889. The fraction of sp³-hybridized carbons (Fsp3) is 0.500. The number of amides is 1. The van der Waals surface area contributed by atoms with Gasteiger partial charge in [0.05, 0.1) is 24.9 Å². The highest BCUT2D eigenvalue weighted by Gasteiger charge is 2.28. The number of hydrogen-bond acceptors (Lipinski definition) is 4. The Labute approximate surface area is 123 Å². The molecule has 1 amide bonds. The van der Waals surface area contributed by atoms with E-state index >= 15 is 0 Å². The standard InChI is InChI=1S/C14H19ClN2O3/c1-9(17-6-5-11(18)8-17)14(19)16-12-7-10(15)3-4-13(12)20-2/h3-4,7,9,11,18H,5-6,8H2,1-2H3,(H,16,19)/t9?,11-/m0/s1. The Morgan fingerprint density at radius 2 is 2.35 bits per heavy atom. The highest BCUT2D eigenvalue weighted by molar-refractivity contribution is 6.31. The molecule has 1 aromatic carbocycles. The number of benzene rings is 1. The number of likely N-dealkylation sites (tertiary alicyclic amines) is 1. The number of anilines is 1. The summed E-state index contributed by atoms with van der Waals surface area (Å²) in [5.74, 6) is 0.427. The van der Waals surface area contributed by atoms with Crippen molar-refractivity contribution in [3.63, 3.8) is 0 Å². The molecule has 0 aromatic heterocycles. The van der Waals surface area contributed by atoms with Crippen molar-refractivity contribution in [3.8, 4) is 5.75 Å². The van der Waals surface area contributed by atoms with Crippen LogP contribution in [0, 0.1) is 0 Å². The molecular formula is C14H19ClN2O3. The number of hydrogen-bond donors (Lipinski definition) is 2. The summed E-state index contributed by atoms with van der Waals surface area (Å²) in [6.07, 6.45) is 0.365. The number of carbonyl (C=O) groups excluding carboxylic acids is 1. The maximum Gasteiger partial charge on any atom is 0.241 e. The van der Waals surface area contributed by atoms with Gasteiger partial charge in [0, 0.05) is 18.1 Å². The zero-order valence-electron chi connectivity index (χ0n) is 11.6. The van der Waals surface area contributed by atoms with Crippen molar-refractivity contribution in [1.29, 1.82) is 0 Å². The monoisotopic (exact) mass is 298 g/mol. The third-order valence-corrected chi connectivity index (χ3v) is 3.78. The summed E-state index contributed by atoms with van der Waals surface area (Å²) in [5, 5.41) is 12.9. The second kappa shape index (κ2) is 6.43. The van der Waals surface area contributed by atoms with Crippen LogP contribution < -0.4 is 10.1 Å². The number of rotatable bonds is 4. The molecule has 1 aromatic rings. The van der Waals surface area contributed by atoms with Gasteiger partial charge in [0.25, 0.3) is 0 Å². The molecule has 2 atom stereocenters. The van der Waals surface area contributed by atoms with Gasteiger partial charge < -0.3 is 15.2 Å². The zero-order chi connectivity index (χ0) is 14.7. The molecule has 6 heteroatoms. The second-order valence-corrected chi connectivity index (χ2v) is 5.38. The normalized spacial score (nSPS) is 20.7. The van der Waals surface area contributed by atoms with Crippen LogP contribution in [0.2, 0.25) is 5.02 Å². The fourth-order valence-corrected chi connectivity index (χ4v) is 2.47. The minimum atomic E-state index is -0.342. The van der Waals surface area contributed by atoms with Crippen LogP contribution in [0.25, 0.3) is 0 Å². The molecule has 1 aliphatic rings. The predicted molar refractivity (Wildman–Crippen MR) is 78.3 cm³/mol. The smallest absolute Gasteiger partial charge is 0.241 e. The number of nitrogens with one attached hydrogen (secondary N) is 1. The number of methoxy groups -OCH3 is 1. The van der Waals surface area contributed by atoms with Gasteiger partial charge in [-0.05, 0) is 31.5 Å². The zero-order valence-corrected chi connectivity index (χ0v) is 12.4. The average molecular weight is 299 g/mol. The third kappa shape index (κ3) is 3.42. The number of nitrogens with zero attached hydrogens (tertiary/aromatic N) is 1. The van der Waals surface area contributed by atoms with Gasteiger partial charge in [-0.25, -0.2) is 0 Å². The number of aliphatic hydroxyl groups excluding tert-OH is 1. The van der Waals surface area contributed by atoms with E-state index in [1.807, 2.05) is 11.8 Å². The van der Waals surface area contributed by atoms with Crippen LogP contribution >= 0.6 is 11.6 Å². The first-order valence-electron chi connectivity index (χ1n) is 6.57. The molecule has 1 unspecified atom stereocenters. The molecule has 5 nitrogen and oxygen atoms in total. The van der Waals surface area contributed by atoms with Gasteiger partial charge in [-0.3, -0.25) is 9.69 Å². The summed E-state index contributed by atoms with van der Waals surface area (Å²) in [5.41, 5.74) is 0.552. The molecule has 0 radical (unpaired) electrons. The van der Waals surface area contributed by atoms with Crippen LogP contribution in [0.4, 0.5) is 5.69 Å². The van der Waals surface area contributed by atoms with Gasteiger partial charge >= 0.3 is 0 Å². The third-order valence-electron chi connectivity index (χ3n) is 3.54. The maximum atomic E-state index is 12.3. The van der Waals surface area contributed by atoms with Crippen LogP contribution in [0.1, 0.15) is 13.3 Å². The first-order valence-corrected chi connectivity index (χ1v) is 6.95. The van der Waals surface area contributed by atoms with Crippen LogP contribution in [-0.2, 0) is 4.79 Å². The van der Waals surface area contributed by atoms with Crippen molar-refractivity contribution in [1.82, 2.24) is 4.90 Å². The molecule has 2 rings (SSSR count). The average Bonchev–Trinajstić information content (AvgIpc) is 2.84. The van der Waals surface area contributed by atoms with E-state index < -0.39 is 0 Å². The van der Waals surface area contributed by atoms with E-state index in [2.05, 4.69) is 5.32 Å². The van der Waals surface area contributed by atoms with E-state index in [0.717, 1.165) is 6.54 Å². The fourth-order valence-electron chi connectivity index (χ4n) is 2.30. The highest BCUT2D eigenvalue weighted by Crippen LogP contribution is 2.28. The van der Waals surface area contributed by atoms with Crippen molar-refractivity contribution in [2.75, 3.05) is 25.5 Å². The molecular weight excluding hydrogens is 280 g/mol. The maximum absolute atomic E-state index is 12.3. The first-order chi connectivity index (χ1) is 9.51. The van der Waals surface area contributed by atoms with Crippen molar-refractivity contribution in [3.05, 3.63) is 23.2 Å². The lowest BCUT2D eigenvalue weighted by atomic mass is 10.2. The molecule has 0 bridgehead atoms. The second-order valence-electron chi connectivity index (χ2n) is 4.95. The lowest BCUT2D eigenvalue weighted by Gasteiger charge is -2.23. The van der Waals surface area contributed by atoms with Crippen molar-refractivity contribution >= 4 is 23.2 Å². The first kappa shape index (κ1) is 15.1. The van der Waals surface area contributed by atoms with Crippen molar-refractivity contribution < 1.29 is 14.6 Å². The molecule has 0 spiro atoms. The summed E-state index contributed by atoms with van der Waals surface area (Å²) in [6.45, 7) is 3.08. The lowest BCUT2D eigenvalue weighted by Crippen LogP contribution is -2.41. The number of halogens is 1. The van der Waals surface area contributed by atoms with E-state index in [9.17, 15) is 9.90 Å². The van der Waals surface area contributed by atoms with Crippen LogP contribution in [0.15, 0.2) is 18.2 Å². The molecule has 1 saturated heterocycles. The minimum Gasteiger partial charge on any atom is -0.495 e. The highest BCUT2D eigenvalue weighted by atomic mass is 35.5. The van der Waals surface area contributed by atoms with Gasteiger partial charge in [0.1, 0.15) is 5.75 Å². The Morgan fingerprint density at radius 3 is 2.95 bits per heavy atom. The number of carbonyl (C=O) groups is 1. The van der Waals surface area contributed by atoms with E-state index in [0.29, 0.717) is 29.4 Å². The molecule has 110 valence electrons. The Morgan fingerprint density at radius 1 is 1.60 bits per heavy atom. The Hall–Kier alpha value is -1.30. The van der Waals surface area contributed by atoms with Crippen molar-refractivity contribution in [2.24, 2.45) is 0 Å².